The van der Waals surface area contributed by atoms with Crippen LogP contribution in [0.25, 0.3) is 33.3 Å². The van der Waals surface area contributed by atoms with Crippen LogP contribution in [0, 0.1) is 0 Å². The zero-order valence-corrected chi connectivity index (χ0v) is 17.5. The number of anilines is 1. The fourth-order valence-corrected chi connectivity index (χ4v) is 4.29. The molecule has 4 aromatic rings. The molecule has 31 heavy (non-hydrogen) atoms. The molecule has 2 aromatic heterocycles. The van der Waals surface area contributed by atoms with Crippen LogP contribution < -0.4 is 5.32 Å². The van der Waals surface area contributed by atoms with Crippen LogP contribution in [-0.2, 0) is 4.74 Å². The van der Waals surface area contributed by atoms with Crippen molar-refractivity contribution in [2.24, 2.45) is 0 Å². The van der Waals surface area contributed by atoms with Gasteiger partial charge < -0.3 is 19.9 Å². The van der Waals surface area contributed by atoms with Gasteiger partial charge >= 0.3 is 5.97 Å². The summed E-state index contributed by atoms with van der Waals surface area (Å²) in [4.78, 5) is 28.0. The molecular weight excluding hydrogens is 390 g/mol. The average molecular weight is 415 g/mol. The predicted molar refractivity (Wildman–Crippen MR) is 122 cm³/mol. The number of fused-ring (bicyclic) bond motifs is 2. The number of nitrogens with one attached hydrogen (secondary N) is 2. The Balaban J connectivity index is 1.58. The number of carbonyl (C=O) groups is 1. The molecule has 7 nitrogen and oxygen atoms in total. The lowest BCUT2D eigenvalue weighted by atomic mass is 10.1. The highest BCUT2D eigenvalue weighted by Gasteiger charge is 2.23. The Kier molecular flexibility index (Phi) is 5.26. The van der Waals surface area contributed by atoms with Gasteiger partial charge in [0.15, 0.2) is 5.82 Å². The lowest BCUT2D eigenvalue weighted by Gasteiger charge is -2.16. The van der Waals surface area contributed by atoms with Crippen LogP contribution in [0.3, 0.4) is 0 Å². The third kappa shape index (κ3) is 3.72. The SMILES string of the molecule is COC(=O)c1c(-c2nc(NCCN3CCCC3)c3ccccc3n2)[nH]c2ccccc12. The lowest BCUT2D eigenvalue weighted by Crippen LogP contribution is -2.26. The van der Waals surface area contributed by atoms with Gasteiger partial charge in [-0.3, -0.25) is 0 Å². The van der Waals surface area contributed by atoms with Gasteiger partial charge in [0.2, 0.25) is 0 Å². The van der Waals surface area contributed by atoms with E-state index in [1.807, 2.05) is 48.5 Å². The maximum Gasteiger partial charge on any atom is 0.340 e. The lowest BCUT2D eigenvalue weighted by molar-refractivity contribution is 0.0604. The molecule has 158 valence electrons. The number of methoxy groups -OCH3 is 1. The molecule has 1 aliphatic rings. The smallest absolute Gasteiger partial charge is 0.340 e. The molecule has 0 amide bonds. The number of hydrogen-bond donors (Lipinski definition) is 2. The average Bonchev–Trinajstić information content (AvgIpc) is 3.46. The molecule has 0 spiro atoms. The molecule has 1 fully saturated rings. The number of ether oxygens (including phenoxy) is 1. The maximum atomic E-state index is 12.6. The third-order valence-corrected chi connectivity index (χ3v) is 5.84. The van der Waals surface area contributed by atoms with Crippen LogP contribution in [0.1, 0.15) is 23.2 Å². The zero-order chi connectivity index (χ0) is 21.2. The minimum Gasteiger partial charge on any atom is -0.465 e. The molecule has 0 radical (unpaired) electrons. The highest BCUT2D eigenvalue weighted by Crippen LogP contribution is 2.31. The first-order valence-corrected chi connectivity index (χ1v) is 10.7. The van der Waals surface area contributed by atoms with Crippen LogP contribution in [0.5, 0.6) is 0 Å². The van der Waals surface area contributed by atoms with Crippen LogP contribution >= 0.6 is 0 Å². The van der Waals surface area contributed by atoms with Crippen molar-refractivity contribution in [3.63, 3.8) is 0 Å². The van der Waals surface area contributed by atoms with E-state index in [9.17, 15) is 4.79 Å². The summed E-state index contributed by atoms with van der Waals surface area (Å²) in [6.07, 6.45) is 2.55. The van der Waals surface area contributed by atoms with Gasteiger partial charge in [-0.15, -0.1) is 0 Å². The second kappa shape index (κ2) is 8.35. The quantitative estimate of drug-likeness (QED) is 0.462. The zero-order valence-electron chi connectivity index (χ0n) is 17.5. The van der Waals surface area contributed by atoms with E-state index in [-0.39, 0.29) is 0 Å². The summed E-state index contributed by atoms with van der Waals surface area (Å²) >= 11 is 0. The van der Waals surface area contributed by atoms with Gasteiger partial charge in [-0.1, -0.05) is 30.3 Å². The second-order valence-electron chi connectivity index (χ2n) is 7.80. The Labute approximate surface area is 180 Å². The molecule has 1 aliphatic heterocycles. The topological polar surface area (TPSA) is 83.1 Å². The highest BCUT2D eigenvalue weighted by atomic mass is 16.5. The minimum atomic E-state index is -0.409. The standard InChI is InChI=1S/C24H25N5O2/c1-31-24(30)20-16-8-2-4-10-18(16)26-21(20)23-27-19-11-5-3-9-17(19)22(28-23)25-12-15-29-13-6-7-14-29/h2-5,8-11,26H,6-7,12-15H2,1H3,(H,25,27,28). The predicted octanol–water partition coefficient (Wildman–Crippen LogP) is 4.07. The monoisotopic (exact) mass is 415 g/mol. The van der Waals surface area contributed by atoms with Gasteiger partial charge in [0.1, 0.15) is 5.82 Å². The molecule has 2 aromatic carbocycles. The fourth-order valence-electron chi connectivity index (χ4n) is 4.29. The summed E-state index contributed by atoms with van der Waals surface area (Å²) in [6.45, 7) is 4.11. The molecule has 0 unspecified atom stereocenters. The maximum absolute atomic E-state index is 12.6. The Morgan fingerprint density at radius 2 is 1.81 bits per heavy atom. The molecule has 5 rings (SSSR count). The van der Waals surface area contributed by atoms with Gasteiger partial charge in [0.25, 0.3) is 0 Å². The Morgan fingerprint density at radius 1 is 1.06 bits per heavy atom. The number of likely N-dealkylation sites (tertiary alicyclic amines) is 1. The van der Waals surface area contributed by atoms with Gasteiger partial charge in [0, 0.05) is 29.4 Å². The molecular formula is C24H25N5O2. The fraction of sp³-hybridized carbons (Fsp3) is 0.292. The van der Waals surface area contributed by atoms with Crippen LogP contribution in [0.2, 0.25) is 0 Å². The van der Waals surface area contributed by atoms with Gasteiger partial charge in [-0.05, 0) is 44.1 Å². The van der Waals surface area contributed by atoms with E-state index in [1.54, 1.807) is 0 Å². The summed E-state index contributed by atoms with van der Waals surface area (Å²) in [7, 11) is 1.39. The molecule has 3 heterocycles. The number of rotatable bonds is 6. The first kappa shape index (κ1) is 19.5. The van der Waals surface area contributed by atoms with Crippen molar-refractivity contribution in [3.8, 4) is 11.5 Å². The number of para-hydroxylation sites is 2. The van der Waals surface area contributed by atoms with Crippen molar-refractivity contribution in [1.82, 2.24) is 19.9 Å². The van der Waals surface area contributed by atoms with Crippen molar-refractivity contribution in [1.29, 1.82) is 0 Å². The van der Waals surface area contributed by atoms with E-state index in [4.69, 9.17) is 14.7 Å². The summed E-state index contributed by atoms with van der Waals surface area (Å²) in [5, 5.41) is 5.26. The van der Waals surface area contributed by atoms with E-state index in [2.05, 4.69) is 15.2 Å². The molecule has 2 N–H and O–H groups in total. The number of aromatic amines is 1. The Bertz CT molecular complexity index is 1240. The highest BCUT2D eigenvalue weighted by molar-refractivity contribution is 6.10. The number of benzene rings is 2. The van der Waals surface area contributed by atoms with Crippen molar-refractivity contribution < 1.29 is 9.53 Å². The normalized spacial score (nSPS) is 14.4. The Morgan fingerprint density at radius 3 is 2.61 bits per heavy atom. The molecule has 1 saturated heterocycles. The largest absolute Gasteiger partial charge is 0.465 e. The molecule has 0 aliphatic carbocycles. The van der Waals surface area contributed by atoms with E-state index in [1.165, 1.54) is 20.0 Å². The molecule has 7 heteroatoms. The number of hydrogen-bond acceptors (Lipinski definition) is 6. The summed E-state index contributed by atoms with van der Waals surface area (Å²) < 4.78 is 5.07. The number of nitrogens with zero attached hydrogens (tertiary/aromatic N) is 3. The van der Waals surface area contributed by atoms with Gasteiger partial charge in [0.05, 0.1) is 23.9 Å². The molecule has 0 bridgehead atoms. The van der Waals surface area contributed by atoms with Crippen LogP contribution in [-0.4, -0.2) is 59.1 Å². The van der Waals surface area contributed by atoms with E-state index in [0.29, 0.717) is 17.1 Å². The number of carbonyl (C=O) groups excluding carboxylic acids is 1. The summed E-state index contributed by atoms with van der Waals surface area (Å²) in [5.41, 5.74) is 2.70. The summed E-state index contributed by atoms with van der Waals surface area (Å²) in [5.74, 6) is 0.834. The summed E-state index contributed by atoms with van der Waals surface area (Å²) in [6, 6.07) is 15.6. The van der Waals surface area contributed by atoms with Crippen LogP contribution in [0.15, 0.2) is 48.5 Å². The van der Waals surface area contributed by atoms with Crippen molar-refractivity contribution in [3.05, 3.63) is 54.1 Å². The van der Waals surface area contributed by atoms with E-state index < -0.39 is 5.97 Å². The minimum absolute atomic E-state index is 0.409. The molecule has 0 atom stereocenters. The number of H-pyrrole nitrogens is 1. The van der Waals surface area contributed by atoms with Crippen LogP contribution in [0.4, 0.5) is 5.82 Å². The molecule has 0 saturated carbocycles. The second-order valence-corrected chi connectivity index (χ2v) is 7.80. The van der Waals surface area contributed by atoms with E-state index in [0.717, 1.165) is 53.8 Å². The third-order valence-electron chi connectivity index (χ3n) is 5.84. The van der Waals surface area contributed by atoms with Crippen molar-refractivity contribution in [2.45, 2.75) is 12.8 Å². The van der Waals surface area contributed by atoms with Crippen molar-refractivity contribution >= 4 is 33.6 Å². The van der Waals surface area contributed by atoms with Gasteiger partial charge in [-0.25, -0.2) is 14.8 Å². The number of aromatic nitrogens is 3. The van der Waals surface area contributed by atoms with Crippen molar-refractivity contribution in [2.75, 3.05) is 38.6 Å². The van der Waals surface area contributed by atoms with E-state index >= 15 is 0 Å². The van der Waals surface area contributed by atoms with Gasteiger partial charge in [-0.2, -0.15) is 0 Å². The first-order chi connectivity index (χ1) is 15.2. The first-order valence-electron chi connectivity index (χ1n) is 10.7. The number of esters is 1. The Hall–Kier alpha value is -3.45.